The summed E-state index contributed by atoms with van der Waals surface area (Å²) >= 11 is 0. The van der Waals surface area contributed by atoms with Gasteiger partial charge in [0.1, 0.15) is 12.4 Å². The van der Waals surface area contributed by atoms with Crippen molar-refractivity contribution >= 4 is 11.9 Å². The minimum absolute atomic E-state index is 0.347. The smallest absolute Gasteiger partial charge is 0.415 e. The molecule has 0 radical (unpaired) electrons. The summed E-state index contributed by atoms with van der Waals surface area (Å²) < 4.78 is 4.87. The standard InChI is InChI=1S/C16H12N2O2/c19-16-18(10-11-20-16)15-9-8-14(12-17-15)7-6-13-4-2-1-3-5-13/h1-5,8-9,12H,10-11H2. The molecule has 1 aliphatic rings. The van der Waals surface area contributed by atoms with Gasteiger partial charge in [0.15, 0.2) is 0 Å². The number of rotatable bonds is 1. The Kier molecular flexibility index (Phi) is 3.34. The second kappa shape index (κ2) is 5.45. The minimum Gasteiger partial charge on any atom is -0.447 e. The van der Waals surface area contributed by atoms with Crippen molar-refractivity contribution in [2.45, 2.75) is 0 Å². The minimum atomic E-state index is -0.347. The number of anilines is 1. The Balaban J connectivity index is 1.77. The van der Waals surface area contributed by atoms with Crippen LogP contribution >= 0.6 is 0 Å². The fraction of sp³-hybridized carbons (Fsp3) is 0.125. The Morgan fingerprint density at radius 2 is 1.85 bits per heavy atom. The van der Waals surface area contributed by atoms with Crippen molar-refractivity contribution < 1.29 is 9.53 Å². The van der Waals surface area contributed by atoms with Gasteiger partial charge >= 0.3 is 6.09 Å². The predicted octanol–water partition coefficient (Wildman–Crippen LogP) is 2.44. The topological polar surface area (TPSA) is 42.4 Å². The van der Waals surface area contributed by atoms with E-state index < -0.39 is 0 Å². The molecular weight excluding hydrogens is 252 g/mol. The van der Waals surface area contributed by atoms with Crippen LogP contribution in [0.2, 0.25) is 0 Å². The molecule has 0 bridgehead atoms. The van der Waals surface area contributed by atoms with Crippen molar-refractivity contribution in [3.8, 4) is 11.8 Å². The third kappa shape index (κ3) is 2.62. The number of hydrogen-bond acceptors (Lipinski definition) is 3. The van der Waals surface area contributed by atoms with Gasteiger partial charge in [-0.2, -0.15) is 0 Å². The summed E-state index contributed by atoms with van der Waals surface area (Å²) in [6, 6.07) is 13.4. The molecule has 3 rings (SSSR count). The molecule has 98 valence electrons. The Bertz CT molecular complexity index is 669. The van der Waals surface area contributed by atoms with E-state index in [2.05, 4.69) is 16.8 Å². The van der Waals surface area contributed by atoms with E-state index in [0.717, 1.165) is 11.1 Å². The Labute approximate surface area is 117 Å². The second-order valence-corrected chi connectivity index (χ2v) is 4.29. The molecule has 0 atom stereocenters. The lowest BCUT2D eigenvalue weighted by atomic mass is 10.2. The summed E-state index contributed by atoms with van der Waals surface area (Å²) in [6.07, 6.45) is 1.32. The van der Waals surface area contributed by atoms with E-state index in [9.17, 15) is 4.79 Å². The van der Waals surface area contributed by atoms with Gasteiger partial charge in [0.25, 0.3) is 0 Å². The highest BCUT2D eigenvalue weighted by Crippen LogP contribution is 2.15. The number of cyclic esters (lactones) is 1. The maximum Gasteiger partial charge on any atom is 0.415 e. The Morgan fingerprint density at radius 1 is 1.05 bits per heavy atom. The van der Waals surface area contributed by atoms with Crippen LogP contribution in [-0.2, 0) is 4.74 Å². The van der Waals surface area contributed by atoms with Crippen LogP contribution < -0.4 is 4.90 Å². The second-order valence-electron chi connectivity index (χ2n) is 4.29. The SMILES string of the molecule is O=C1OCCN1c1ccc(C#Cc2ccccc2)cn1. The maximum atomic E-state index is 11.4. The largest absolute Gasteiger partial charge is 0.447 e. The molecule has 0 saturated carbocycles. The van der Waals surface area contributed by atoms with Crippen LogP contribution in [0.3, 0.4) is 0 Å². The average Bonchev–Trinajstić information content (AvgIpc) is 2.93. The van der Waals surface area contributed by atoms with E-state index in [4.69, 9.17) is 4.74 Å². The molecular formula is C16H12N2O2. The van der Waals surface area contributed by atoms with Gasteiger partial charge in [0.05, 0.1) is 6.54 Å². The molecule has 4 nitrogen and oxygen atoms in total. The number of hydrogen-bond donors (Lipinski definition) is 0. The summed E-state index contributed by atoms with van der Waals surface area (Å²) in [5.74, 6) is 6.70. The number of ether oxygens (including phenoxy) is 1. The van der Waals surface area contributed by atoms with Crippen LogP contribution in [0.15, 0.2) is 48.7 Å². The molecule has 1 aromatic carbocycles. The van der Waals surface area contributed by atoms with Gasteiger partial charge in [-0.3, -0.25) is 4.90 Å². The number of amides is 1. The average molecular weight is 264 g/mol. The Morgan fingerprint density at radius 3 is 2.50 bits per heavy atom. The highest BCUT2D eigenvalue weighted by atomic mass is 16.6. The van der Waals surface area contributed by atoms with Gasteiger partial charge in [0.2, 0.25) is 0 Å². The normalized spacial score (nSPS) is 13.6. The van der Waals surface area contributed by atoms with E-state index >= 15 is 0 Å². The van der Waals surface area contributed by atoms with E-state index in [1.165, 1.54) is 4.90 Å². The molecule has 0 spiro atoms. The lowest BCUT2D eigenvalue weighted by Gasteiger charge is -2.10. The summed E-state index contributed by atoms with van der Waals surface area (Å²) in [6.45, 7) is 0.955. The summed E-state index contributed by atoms with van der Waals surface area (Å²) in [5, 5.41) is 0. The van der Waals surface area contributed by atoms with Crippen LogP contribution in [0.5, 0.6) is 0 Å². The lowest BCUT2D eigenvalue weighted by molar-refractivity contribution is 0.181. The van der Waals surface area contributed by atoms with E-state index in [-0.39, 0.29) is 6.09 Å². The van der Waals surface area contributed by atoms with Crippen LogP contribution in [-0.4, -0.2) is 24.2 Å². The van der Waals surface area contributed by atoms with Crippen molar-refractivity contribution in [3.05, 3.63) is 59.8 Å². The summed E-state index contributed by atoms with van der Waals surface area (Å²) in [5.41, 5.74) is 1.77. The van der Waals surface area contributed by atoms with E-state index in [0.29, 0.717) is 19.0 Å². The molecule has 0 unspecified atom stereocenters. The number of nitrogens with zero attached hydrogens (tertiary/aromatic N) is 2. The number of aromatic nitrogens is 1. The molecule has 4 heteroatoms. The van der Waals surface area contributed by atoms with Gasteiger partial charge in [-0.15, -0.1) is 0 Å². The van der Waals surface area contributed by atoms with Crippen molar-refractivity contribution in [2.24, 2.45) is 0 Å². The first kappa shape index (κ1) is 12.2. The molecule has 1 saturated heterocycles. The van der Waals surface area contributed by atoms with Crippen molar-refractivity contribution in [1.29, 1.82) is 0 Å². The van der Waals surface area contributed by atoms with Gasteiger partial charge in [-0.05, 0) is 24.3 Å². The third-order valence-electron chi connectivity index (χ3n) is 2.91. The van der Waals surface area contributed by atoms with Gasteiger partial charge in [-0.25, -0.2) is 9.78 Å². The van der Waals surface area contributed by atoms with Crippen LogP contribution in [0.1, 0.15) is 11.1 Å². The molecule has 1 aliphatic heterocycles. The zero-order chi connectivity index (χ0) is 13.8. The molecule has 0 aliphatic carbocycles. The first-order valence-corrected chi connectivity index (χ1v) is 6.30. The molecule has 0 N–H and O–H groups in total. The van der Waals surface area contributed by atoms with Gasteiger partial charge in [0, 0.05) is 17.3 Å². The fourth-order valence-corrected chi connectivity index (χ4v) is 1.89. The third-order valence-corrected chi connectivity index (χ3v) is 2.91. The molecule has 1 aromatic heterocycles. The molecule has 1 amide bonds. The monoisotopic (exact) mass is 264 g/mol. The first-order chi connectivity index (χ1) is 9.83. The van der Waals surface area contributed by atoms with Crippen molar-refractivity contribution in [2.75, 3.05) is 18.1 Å². The highest BCUT2D eigenvalue weighted by Gasteiger charge is 2.24. The quantitative estimate of drug-likeness (QED) is 0.743. The zero-order valence-corrected chi connectivity index (χ0v) is 10.7. The van der Waals surface area contributed by atoms with Crippen molar-refractivity contribution in [3.63, 3.8) is 0 Å². The van der Waals surface area contributed by atoms with Crippen LogP contribution in [0, 0.1) is 11.8 Å². The maximum absolute atomic E-state index is 11.4. The first-order valence-electron chi connectivity index (χ1n) is 6.30. The Hall–Kier alpha value is -2.80. The van der Waals surface area contributed by atoms with Crippen LogP contribution in [0.4, 0.5) is 10.6 Å². The number of carbonyl (C=O) groups is 1. The van der Waals surface area contributed by atoms with Gasteiger partial charge < -0.3 is 4.74 Å². The zero-order valence-electron chi connectivity index (χ0n) is 10.7. The molecule has 20 heavy (non-hydrogen) atoms. The number of pyridine rings is 1. The van der Waals surface area contributed by atoms with E-state index in [1.807, 2.05) is 36.4 Å². The van der Waals surface area contributed by atoms with Crippen LogP contribution in [0.25, 0.3) is 0 Å². The predicted molar refractivity (Wildman–Crippen MR) is 75.4 cm³/mol. The molecule has 2 aromatic rings. The highest BCUT2D eigenvalue weighted by molar-refractivity contribution is 5.88. The summed E-state index contributed by atoms with van der Waals surface area (Å²) in [4.78, 5) is 17.2. The fourth-order valence-electron chi connectivity index (χ4n) is 1.89. The number of benzene rings is 1. The molecule has 1 fully saturated rings. The van der Waals surface area contributed by atoms with Gasteiger partial charge in [-0.1, -0.05) is 30.0 Å². The summed E-state index contributed by atoms with van der Waals surface area (Å²) in [7, 11) is 0. The van der Waals surface area contributed by atoms with Crippen molar-refractivity contribution in [1.82, 2.24) is 4.98 Å². The number of carbonyl (C=O) groups excluding carboxylic acids is 1. The molecule has 2 heterocycles. The van der Waals surface area contributed by atoms with E-state index in [1.54, 1.807) is 12.3 Å². The lowest BCUT2D eigenvalue weighted by Crippen LogP contribution is -2.24.